The largest absolute Gasteiger partial charge is 0.296 e. The number of aryl methyl sites for hydroxylation is 1. The number of aromatic nitrogens is 2. The van der Waals surface area contributed by atoms with Crippen molar-refractivity contribution in [3.8, 4) is 0 Å². The third-order valence-electron chi connectivity index (χ3n) is 1.82. The normalized spacial score (nSPS) is 10.4. The molecule has 0 saturated heterocycles. The number of hydrogen-bond donors (Lipinski definition) is 1. The fourth-order valence-corrected chi connectivity index (χ4v) is 2.86. The van der Waals surface area contributed by atoms with Gasteiger partial charge in [0.05, 0.1) is 9.35 Å². The maximum absolute atomic E-state index is 11.7. The molecule has 0 aliphatic heterocycles. The first kappa shape index (κ1) is 11.7. The first-order chi connectivity index (χ1) is 7.69. The molecule has 0 radical (unpaired) electrons. The topological polar surface area (TPSA) is 54.9 Å². The first-order valence-electron chi connectivity index (χ1n) is 4.57. The standard InChI is InChI=1S/C9H8BrN3OS2/c1-2-7-12-13-9(16-7)11-8(14)5-3-6(10)15-4-5/h3-4H,2H2,1H3,(H,11,13,14). The van der Waals surface area contributed by atoms with E-state index in [1.165, 1.54) is 22.7 Å². The molecule has 0 aliphatic rings. The maximum atomic E-state index is 11.7. The van der Waals surface area contributed by atoms with Gasteiger partial charge in [-0.05, 0) is 28.4 Å². The Morgan fingerprint density at radius 1 is 1.56 bits per heavy atom. The number of carbonyl (C=O) groups is 1. The van der Waals surface area contributed by atoms with Gasteiger partial charge in [-0.2, -0.15) is 0 Å². The summed E-state index contributed by atoms with van der Waals surface area (Å²) in [5.74, 6) is -0.152. The molecule has 0 spiro atoms. The van der Waals surface area contributed by atoms with E-state index in [4.69, 9.17) is 0 Å². The van der Waals surface area contributed by atoms with Crippen LogP contribution in [0.5, 0.6) is 0 Å². The van der Waals surface area contributed by atoms with E-state index in [0.29, 0.717) is 10.7 Å². The molecule has 4 nitrogen and oxygen atoms in total. The quantitative estimate of drug-likeness (QED) is 0.946. The van der Waals surface area contributed by atoms with Crippen molar-refractivity contribution in [3.05, 3.63) is 25.8 Å². The monoisotopic (exact) mass is 317 g/mol. The van der Waals surface area contributed by atoms with Gasteiger partial charge in [0.1, 0.15) is 5.01 Å². The molecule has 1 amide bonds. The lowest BCUT2D eigenvalue weighted by Crippen LogP contribution is -2.10. The lowest BCUT2D eigenvalue weighted by atomic mass is 10.3. The van der Waals surface area contributed by atoms with Gasteiger partial charge in [0.25, 0.3) is 5.91 Å². The molecule has 2 heterocycles. The Labute approximate surface area is 109 Å². The number of thiophene rings is 1. The van der Waals surface area contributed by atoms with Crippen LogP contribution in [0, 0.1) is 0 Å². The van der Waals surface area contributed by atoms with E-state index >= 15 is 0 Å². The van der Waals surface area contributed by atoms with Crippen molar-refractivity contribution in [3.63, 3.8) is 0 Å². The third-order valence-corrected chi connectivity index (χ3v) is 4.31. The number of nitrogens with zero attached hydrogens (tertiary/aromatic N) is 2. The highest BCUT2D eigenvalue weighted by Gasteiger charge is 2.10. The Kier molecular flexibility index (Phi) is 3.67. The molecule has 2 aromatic rings. The summed E-state index contributed by atoms with van der Waals surface area (Å²) >= 11 is 6.19. The summed E-state index contributed by atoms with van der Waals surface area (Å²) in [5.41, 5.74) is 0.630. The Morgan fingerprint density at radius 2 is 2.38 bits per heavy atom. The summed E-state index contributed by atoms with van der Waals surface area (Å²) in [6, 6.07) is 1.78. The number of amides is 1. The van der Waals surface area contributed by atoms with E-state index in [0.717, 1.165) is 15.2 Å². The van der Waals surface area contributed by atoms with Gasteiger partial charge in [-0.15, -0.1) is 21.5 Å². The predicted molar refractivity (Wildman–Crippen MR) is 69.3 cm³/mol. The van der Waals surface area contributed by atoms with Crippen molar-refractivity contribution in [2.24, 2.45) is 0 Å². The Bertz CT molecular complexity index is 508. The first-order valence-corrected chi connectivity index (χ1v) is 7.05. The average Bonchev–Trinajstić information content (AvgIpc) is 2.87. The van der Waals surface area contributed by atoms with E-state index in [-0.39, 0.29) is 5.91 Å². The minimum Gasteiger partial charge on any atom is -0.296 e. The smallest absolute Gasteiger partial charge is 0.258 e. The lowest BCUT2D eigenvalue weighted by molar-refractivity contribution is 0.102. The zero-order valence-corrected chi connectivity index (χ0v) is 11.6. The maximum Gasteiger partial charge on any atom is 0.258 e. The Hall–Kier alpha value is -0.790. The number of carbonyl (C=O) groups excluding carboxylic acids is 1. The van der Waals surface area contributed by atoms with Gasteiger partial charge < -0.3 is 0 Å². The average molecular weight is 318 g/mol. The summed E-state index contributed by atoms with van der Waals surface area (Å²) in [5, 5.41) is 13.8. The van der Waals surface area contributed by atoms with Crippen LogP contribution in [-0.4, -0.2) is 16.1 Å². The number of halogens is 1. The lowest BCUT2D eigenvalue weighted by Gasteiger charge is -1.96. The molecule has 1 N–H and O–H groups in total. The molecule has 16 heavy (non-hydrogen) atoms. The van der Waals surface area contributed by atoms with E-state index in [9.17, 15) is 4.79 Å². The number of rotatable bonds is 3. The summed E-state index contributed by atoms with van der Waals surface area (Å²) in [6.45, 7) is 2.00. The molecular weight excluding hydrogens is 310 g/mol. The van der Waals surface area contributed by atoms with Crippen LogP contribution >= 0.6 is 38.6 Å². The van der Waals surface area contributed by atoms with Crippen LogP contribution in [0.1, 0.15) is 22.3 Å². The van der Waals surface area contributed by atoms with E-state index in [1.54, 1.807) is 11.4 Å². The van der Waals surface area contributed by atoms with Gasteiger partial charge in [0.15, 0.2) is 0 Å². The SMILES string of the molecule is CCc1nnc(NC(=O)c2csc(Br)c2)s1. The van der Waals surface area contributed by atoms with Crippen molar-refractivity contribution in [2.75, 3.05) is 5.32 Å². The van der Waals surface area contributed by atoms with Gasteiger partial charge in [-0.3, -0.25) is 10.1 Å². The minimum atomic E-state index is -0.152. The molecule has 0 unspecified atom stereocenters. The second-order valence-corrected chi connectivity index (χ2v) is 6.30. The molecule has 2 aromatic heterocycles. The van der Waals surface area contributed by atoms with Crippen molar-refractivity contribution in [2.45, 2.75) is 13.3 Å². The second kappa shape index (κ2) is 5.03. The number of hydrogen-bond acceptors (Lipinski definition) is 5. The Balaban J connectivity index is 2.07. The molecule has 7 heteroatoms. The fourth-order valence-electron chi connectivity index (χ4n) is 1.05. The minimum absolute atomic E-state index is 0.152. The molecule has 2 rings (SSSR count). The van der Waals surface area contributed by atoms with E-state index in [2.05, 4.69) is 31.4 Å². The van der Waals surface area contributed by atoms with Crippen LogP contribution in [0.3, 0.4) is 0 Å². The molecule has 0 atom stereocenters. The van der Waals surface area contributed by atoms with Crippen molar-refractivity contribution in [1.29, 1.82) is 0 Å². The van der Waals surface area contributed by atoms with Gasteiger partial charge in [-0.25, -0.2) is 0 Å². The van der Waals surface area contributed by atoms with Crippen molar-refractivity contribution >= 4 is 49.6 Å². The van der Waals surface area contributed by atoms with Gasteiger partial charge in [-0.1, -0.05) is 18.3 Å². The number of nitrogens with one attached hydrogen (secondary N) is 1. The zero-order valence-electron chi connectivity index (χ0n) is 8.36. The second-order valence-electron chi connectivity index (χ2n) is 2.95. The summed E-state index contributed by atoms with van der Waals surface area (Å²) in [4.78, 5) is 11.7. The molecule has 0 saturated carbocycles. The fraction of sp³-hybridized carbons (Fsp3) is 0.222. The molecule has 84 valence electrons. The van der Waals surface area contributed by atoms with Crippen LogP contribution in [-0.2, 0) is 6.42 Å². The predicted octanol–water partition coefficient (Wildman–Crippen LogP) is 3.18. The van der Waals surface area contributed by atoms with Crippen molar-refractivity contribution < 1.29 is 4.79 Å². The number of anilines is 1. The zero-order chi connectivity index (χ0) is 11.5. The summed E-state index contributed by atoms with van der Waals surface area (Å²) < 4.78 is 0.934. The summed E-state index contributed by atoms with van der Waals surface area (Å²) in [6.07, 6.45) is 0.831. The van der Waals surface area contributed by atoms with Gasteiger partial charge >= 0.3 is 0 Å². The highest BCUT2D eigenvalue weighted by molar-refractivity contribution is 9.11. The molecule has 0 fully saturated rings. The van der Waals surface area contributed by atoms with Gasteiger partial charge in [0, 0.05) is 5.38 Å². The van der Waals surface area contributed by atoms with E-state index < -0.39 is 0 Å². The van der Waals surface area contributed by atoms with Crippen LogP contribution in [0.25, 0.3) is 0 Å². The van der Waals surface area contributed by atoms with Crippen LogP contribution in [0.15, 0.2) is 15.2 Å². The Morgan fingerprint density at radius 3 is 2.94 bits per heavy atom. The molecular formula is C9H8BrN3OS2. The van der Waals surface area contributed by atoms with Crippen LogP contribution in [0.4, 0.5) is 5.13 Å². The highest BCUT2D eigenvalue weighted by atomic mass is 79.9. The van der Waals surface area contributed by atoms with Crippen molar-refractivity contribution in [1.82, 2.24) is 10.2 Å². The highest BCUT2D eigenvalue weighted by Crippen LogP contribution is 2.22. The summed E-state index contributed by atoms with van der Waals surface area (Å²) in [7, 11) is 0. The molecule has 0 bridgehead atoms. The van der Waals surface area contributed by atoms with E-state index in [1.807, 2.05) is 6.92 Å². The van der Waals surface area contributed by atoms with Crippen LogP contribution in [0.2, 0.25) is 0 Å². The molecule has 0 aromatic carbocycles. The third kappa shape index (κ3) is 2.66. The van der Waals surface area contributed by atoms with Crippen LogP contribution < -0.4 is 5.32 Å². The van der Waals surface area contributed by atoms with Gasteiger partial charge in [0.2, 0.25) is 5.13 Å². The molecule has 0 aliphatic carbocycles.